The van der Waals surface area contributed by atoms with Gasteiger partial charge in [0.2, 0.25) is 5.43 Å². The molecule has 0 spiro atoms. The molecule has 0 fully saturated rings. The maximum absolute atomic E-state index is 12.8. The minimum Gasteiger partial charge on any atom is -0.455 e. The Labute approximate surface area is 164 Å². The first-order chi connectivity index (χ1) is 13.8. The molecule has 1 amide bonds. The number of anilines is 1. The lowest BCUT2D eigenvalue weighted by Crippen LogP contribution is -2.14. The minimum absolute atomic E-state index is 0.0520. The fraction of sp³-hybridized carbons (Fsp3) is 0.0909. The molecule has 4 rings (SSSR count). The number of carbonyl (C=O) groups is 1. The number of nitro benzene ring substituents is 1. The molecule has 29 heavy (non-hydrogen) atoms. The summed E-state index contributed by atoms with van der Waals surface area (Å²) in [6.45, 7) is 3.78. The number of nitrogens with zero attached hydrogens (tertiary/aromatic N) is 1. The largest absolute Gasteiger partial charge is 0.455 e. The molecule has 0 radical (unpaired) electrons. The van der Waals surface area contributed by atoms with E-state index >= 15 is 0 Å². The number of nitrogens with one attached hydrogen (secondary N) is 1. The van der Waals surface area contributed by atoms with E-state index in [1.807, 2.05) is 19.9 Å². The van der Waals surface area contributed by atoms with Crippen LogP contribution in [-0.2, 0) is 0 Å². The number of hydrogen-bond donors (Lipinski definition) is 1. The van der Waals surface area contributed by atoms with Gasteiger partial charge in [-0.25, -0.2) is 0 Å². The Hall–Kier alpha value is -4.00. The van der Waals surface area contributed by atoms with Crippen LogP contribution in [0, 0.1) is 24.0 Å². The van der Waals surface area contributed by atoms with Crippen LogP contribution in [0.1, 0.15) is 21.5 Å². The first kappa shape index (κ1) is 18.4. The van der Waals surface area contributed by atoms with Gasteiger partial charge in [-0.15, -0.1) is 0 Å². The van der Waals surface area contributed by atoms with Crippen LogP contribution in [0.5, 0.6) is 0 Å². The second kappa shape index (κ2) is 6.87. The maximum Gasteiger partial charge on any atom is 0.282 e. The number of rotatable bonds is 3. The number of carbonyl (C=O) groups excluding carboxylic acids is 1. The highest BCUT2D eigenvalue weighted by molar-refractivity contribution is 6.07. The van der Waals surface area contributed by atoms with Crippen molar-refractivity contribution >= 4 is 39.2 Å². The summed E-state index contributed by atoms with van der Waals surface area (Å²) in [4.78, 5) is 35.9. The molecular formula is C22H16N2O5. The highest BCUT2D eigenvalue weighted by Crippen LogP contribution is 2.26. The molecule has 0 aliphatic heterocycles. The summed E-state index contributed by atoms with van der Waals surface area (Å²) in [6, 6.07) is 14.1. The van der Waals surface area contributed by atoms with Crippen molar-refractivity contribution < 1.29 is 14.1 Å². The highest BCUT2D eigenvalue weighted by Gasteiger charge is 2.19. The number of benzene rings is 3. The smallest absolute Gasteiger partial charge is 0.282 e. The molecule has 3 aromatic carbocycles. The topological polar surface area (TPSA) is 102 Å². The molecule has 0 bridgehead atoms. The lowest BCUT2D eigenvalue weighted by molar-refractivity contribution is -0.385. The monoisotopic (exact) mass is 388 g/mol. The van der Waals surface area contributed by atoms with Crippen LogP contribution in [0.3, 0.4) is 0 Å². The summed E-state index contributed by atoms with van der Waals surface area (Å²) in [5.41, 5.74) is 2.52. The van der Waals surface area contributed by atoms with Crippen molar-refractivity contribution in [3.63, 3.8) is 0 Å². The van der Waals surface area contributed by atoms with Gasteiger partial charge in [-0.05, 0) is 49.2 Å². The first-order valence-electron chi connectivity index (χ1n) is 8.88. The van der Waals surface area contributed by atoms with Gasteiger partial charge in [-0.2, -0.15) is 0 Å². The van der Waals surface area contributed by atoms with Crippen LogP contribution in [0.25, 0.3) is 21.9 Å². The molecule has 0 unspecified atom stereocenters. The number of amides is 1. The Morgan fingerprint density at radius 1 is 1.03 bits per heavy atom. The predicted octanol–water partition coefficient (Wildman–Crippen LogP) is 4.72. The zero-order chi connectivity index (χ0) is 20.7. The molecule has 4 aromatic rings. The van der Waals surface area contributed by atoms with Gasteiger partial charge >= 0.3 is 0 Å². The summed E-state index contributed by atoms with van der Waals surface area (Å²) in [5, 5.41) is 14.7. The van der Waals surface area contributed by atoms with Crippen LogP contribution in [0.2, 0.25) is 0 Å². The average Bonchev–Trinajstić information content (AvgIpc) is 2.69. The summed E-state index contributed by atoms with van der Waals surface area (Å²) in [6.07, 6.45) is 0. The second-order valence-corrected chi connectivity index (χ2v) is 6.83. The van der Waals surface area contributed by atoms with Crippen LogP contribution < -0.4 is 10.7 Å². The molecule has 1 aromatic heterocycles. The Morgan fingerprint density at radius 3 is 2.55 bits per heavy atom. The number of fused-ring (bicyclic) bond motifs is 2. The quantitative estimate of drug-likeness (QED) is 0.311. The van der Waals surface area contributed by atoms with Crippen molar-refractivity contribution in [1.82, 2.24) is 0 Å². The van der Waals surface area contributed by atoms with Gasteiger partial charge in [0.1, 0.15) is 16.7 Å². The fourth-order valence-electron chi connectivity index (χ4n) is 3.41. The number of hydrogen-bond acceptors (Lipinski definition) is 5. The third-order valence-electron chi connectivity index (χ3n) is 4.71. The second-order valence-electron chi connectivity index (χ2n) is 6.83. The third-order valence-corrected chi connectivity index (χ3v) is 4.71. The van der Waals surface area contributed by atoms with Crippen LogP contribution in [0.15, 0.2) is 63.8 Å². The van der Waals surface area contributed by atoms with Gasteiger partial charge in [0.05, 0.1) is 15.7 Å². The van der Waals surface area contributed by atoms with E-state index < -0.39 is 10.8 Å². The third kappa shape index (κ3) is 3.23. The van der Waals surface area contributed by atoms with Crippen molar-refractivity contribution in [3.8, 4) is 0 Å². The summed E-state index contributed by atoms with van der Waals surface area (Å²) < 4.78 is 5.94. The van der Waals surface area contributed by atoms with Gasteiger partial charge in [0, 0.05) is 17.8 Å². The molecule has 0 aliphatic rings. The van der Waals surface area contributed by atoms with Gasteiger partial charge in [-0.1, -0.05) is 18.2 Å². The van der Waals surface area contributed by atoms with Crippen molar-refractivity contribution in [1.29, 1.82) is 0 Å². The number of nitro groups is 1. The molecule has 0 aliphatic carbocycles. The Bertz CT molecular complexity index is 1370. The minimum atomic E-state index is -0.619. The molecule has 144 valence electrons. The predicted molar refractivity (Wildman–Crippen MR) is 111 cm³/mol. The average molecular weight is 388 g/mol. The molecular weight excluding hydrogens is 372 g/mol. The first-order valence-corrected chi connectivity index (χ1v) is 8.88. The Kier molecular flexibility index (Phi) is 4.35. The highest BCUT2D eigenvalue weighted by atomic mass is 16.6. The van der Waals surface area contributed by atoms with E-state index in [0.717, 1.165) is 11.1 Å². The van der Waals surface area contributed by atoms with Crippen LogP contribution in [0.4, 0.5) is 11.4 Å². The summed E-state index contributed by atoms with van der Waals surface area (Å²) >= 11 is 0. The van der Waals surface area contributed by atoms with Crippen molar-refractivity contribution in [2.75, 3.05) is 5.32 Å². The van der Waals surface area contributed by atoms with E-state index in [2.05, 4.69) is 5.32 Å². The Morgan fingerprint density at radius 2 is 1.79 bits per heavy atom. The SMILES string of the molecule is Cc1cc(C)c2oc3cc(NC(=O)c4ccccc4[N+](=O)[O-])ccc3c(=O)c2c1. The van der Waals surface area contributed by atoms with E-state index in [1.54, 1.807) is 30.3 Å². The van der Waals surface area contributed by atoms with Crippen LogP contribution in [-0.4, -0.2) is 10.8 Å². The van der Waals surface area contributed by atoms with E-state index in [-0.39, 0.29) is 16.7 Å². The molecule has 7 nitrogen and oxygen atoms in total. The van der Waals surface area contributed by atoms with E-state index in [1.165, 1.54) is 18.2 Å². The number of para-hydroxylation sites is 1. The van der Waals surface area contributed by atoms with Crippen LogP contribution >= 0.6 is 0 Å². The fourth-order valence-corrected chi connectivity index (χ4v) is 3.41. The van der Waals surface area contributed by atoms with E-state index in [9.17, 15) is 19.7 Å². The molecule has 7 heteroatoms. The zero-order valence-electron chi connectivity index (χ0n) is 15.7. The number of aryl methyl sites for hydroxylation is 2. The molecule has 1 heterocycles. The van der Waals surface area contributed by atoms with E-state index in [4.69, 9.17) is 4.42 Å². The normalized spacial score (nSPS) is 11.0. The van der Waals surface area contributed by atoms with Gasteiger partial charge in [-0.3, -0.25) is 19.7 Å². The van der Waals surface area contributed by atoms with Gasteiger partial charge in [0.15, 0.2) is 0 Å². The van der Waals surface area contributed by atoms with Gasteiger partial charge in [0.25, 0.3) is 11.6 Å². The lowest BCUT2D eigenvalue weighted by atomic mass is 10.1. The van der Waals surface area contributed by atoms with Gasteiger partial charge < -0.3 is 9.73 Å². The zero-order valence-corrected chi connectivity index (χ0v) is 15.7. The van der Waals surface area contributed by atoms with Crippen molar-refractivity contribution in [3.05, 3.63) is 91.6 Å². The standard InChI is InChI=1S/C22H16N2O5/c1-12-9-13(2)21-17(10-12)20(25)16-8-7-14(11-19(16)29-21)23-22(26)15-5-3-4-6-18(15)24(27)28/h3-11H,1-2H3,(H,23,26). The van der Waals surface area contributed by atoms with Crippen molar-refractivity contribution in [2.24, 2.45) is 0 Å². The molecule has 1 N–H and O–H groups in total. The summed E-state index contributed by atoms with van der Waals surface area (Å²) in [5.74, 6) is -0.619. The molecule has 0 saturated carbocycles. The molecule has 0 saturated heterocycles. The van der Waals surface area contributed by atoms with Crippen molar-refractivity contribution in [2.45, 2.75) is 13.8 Å². The maximum atomic E-state index is 12.8. The van der Waals surface area contributed by atoms with E-state index in [0.29, 0.717) is 27.6 Å². The molecule has 0 atom stereocenters. The summed E-state index contributed by atoms with van der Waals surface area (Å²) in [7, 11) is 0. The lowest BCUT2D eigenvalue weighted by Gasteiger charge is -2.09. The Balaban J connectivity index is 1.78.